The molecule has 0 heterocycles. The molecule has 124 valence electrons. The zero-order valence-electron chi connectivity index (χ0n) is 11.6. The van der Waals surface area contributed by atoms with Gasteiger partial charge in [-0.15, -0.1) is 0 Å². The van der Waals surface area contributed by atoms with Crippen LogP contribution >= 0.6 is 0 Å². The minimum absolute atomic E-state index is 0.0169. The molecule has 0 saturated heterocycles. The van der Waals surface area contributed by atoms with Crippen LogP contribution in [0.2, 0.25) is 0 Å². The van der Waals surface area contributed by atoms with Crippen molar-refractivity contribution in [3.05, 3.63) is 0 Å². The van der Waals surface area contributed by atoms with Gasteiger partial charge in [-0.2, -0.15) is 17.2 Å². The molecule has 6 nitrogen and oxygen atoms in total. The molecule has 0 amide bonds. The second-order valence-electron chi connectivity index (χ2n) is 6.52. The van der Waals surface area contributed by atoms with E-state index in [-0.39, 0.29) is 17.6 Å². The summed E-state index contributed by atoms with van der Waals surface area (Å²) < 4.78 is 60.8. The molecule has 9 heteroatoms. The van der Waals surface area contributed by atoms with E-state index in [2.05, 4.69) is 0 Å². The molecule has 4 aliphatic rings. The molecule has 4 saturated carbocycles. The topological polar surface area (TPSA) is 97.7 Å². The van der Waals surface area contributed by atoms with Crippen molar-refractivity contribution < 1.29 is 36.1 Å². The summed E-state index contributed by atoms with van der Waals surface area (Å²) in [5, 5.41) is -4.58. The maximum Gasteiger partial charge on any atom is 0.380 e. The fourth-order valence-electron chi connectivity index (χ4n) is 4.21. The van der Waals surface area contributed by atoms with Crippen LogP contribution in [-0.4, -0.2) is 36.1 Å². The SMILES string of the molecule is O=C(CC(F)(F)S(=O)(=O)O)OC1C2CC3CC(C2)C(=O)C1C3. The average molecular weight is 338 g/mol. The summed E-state index contributed by atoms with van der Waals surface area (Å²) in [6.45, 7) is 0. The predicted octanol–water partition coefficient (Wildman–Crippen LogP) is 1.40. The molecular weight excluding hydrogens is 322 g/mol. The van der Waals surface area contributed by atoms with Crippen LogP contribution in [-0.2, 0) is 24.4 Å². The molecule has 0 aliphatic heterocycles. The van der Waals surface area contributed by atoms with Crippen molar-refractivity contribution in [2.75, 3.05) is 0 Å². The highest BCUT2D eigenvalue weighted by Gasteiger charge is 2.55. The first-order valence-corrected chi connectivity index (χ1v) is 8.60. The maximum atomic E-state index is 13.2. The van der Waals surface area contributed by atoms with Gasteiger partial charge in [0.1, 0.15) is 18.3 Å². The lowest BCUT2D eigenvalue weighted by molar-refractivity contribution is -0.178. The molecule has 4 bridgehead atoms. The first-order valence-electron chi connectivity index (χ1n) is 7.16. The quantitative estimate of drug-likeness (QED) is 0.615. The molecule has 5 atom stereocenters. The fraction of sp³-hybridized carbons (Fsp3) is 0.846. The van der Waals surface area contributed by atoms with Crippen molar-refractivity contribution in [3.8, 4) is 0 Å². The van der Waals surface area contributed by atoms with Crippen LogP contribution in [0.3, 0.4) is 0 Å². The van der Waals surface area contributed by atoms with Gasteiger partial charge in [0.25, 0.3) is 0 Å². The van der Waals surface area contributed by atoms with E-state index in [0.29, 0.717) is 18.8 Å². The van der Waals surface area contributed by atoms with E-state index in [9.17, 15) is 26.8 Å². The largest absolute Gasteiger partial charge is 0.461 e. The number of hydrogen-bond donors (Lipinski definition) is 1. The number of ketones is 1. The first-order chi connectivity index (χ1) is 10.1. The second-order valence-corrected chi connectivity index (χ2v) is 8.07. The van der Waals surface area contributed by atoms with E-state index in [1.54, 1.807) is 0 Å². The third-order valence-electron chi connectivity index (χ3n) is 5.05. The number of esters is 1. The van der Waals surface area contributed by atoms with Crippen molar-refractivity contribution in [2.45, 2.75) is 43.5 Å². The Kier molecular flexibility index (Phi) is 3.56. The maximum absolute atomic E-state index is 13.2. The molecule has 1 N–H and O–H groups in total. The van der Waals surface area contributed by atoms with Gasteiger partial charge < -0.3 is 4.74 Å². The summed E-state index contributed by atoms with van der Waals surface area (Å²) in [5.74, 6) is -1.47. The summed E-state index contributed by atoms with van der Waals surface area (Å²) >= 11 is 0. The molecule has 4 aliphatic carbocycles. The molecular formula is C13H16F2O6S. The summed E-state index contributed by atoms with van der Waals surface area (Å²) in [6, 6.07) is 0. The Morgan fingerprint density at radius 2 is 1.95 bits per heavy atom. The summed E-state index contributed by atoms with van der Waals surface area (Å²) in [7, 11) is -5.67. The Morgan fingerprint density at radius 3 is 2.59 bits per heavy atom. The molecule has 0 spiro atoms. The Balaban J connectivity index is 1.69. The van der Waals surface area contributed by atoms with E-state index in [0.717, 1.165) is 12.8 Å². The normalized spacial score (nSPS) is 37.4. The molecule has 0 radical (unpaired) electrons. The highest BCUT2D eigenvalue weighted by molar-refractivity contribution is 7.86. The van der Waals surface area contributed by atoms with Gasteiger partial charge in [0, 0.05) is 5.92 Å². The van der Waals surface area contributed by atoms with Gasteiger partial charge in [-0.25, -0.2) is 0 Å². The van der Waals surface area contributed by atoms with Gasteiger partial charge in [0.05, 0.1) is 5.92 Å². The standard InChI is InChI=1S/C13H16F2O6S/c14-13(15,22(18,19)20)5-10(16)21-12-8-2-6-1-7(4-8)11(17)9(12)3-6/h6-9,12H,1-5H2,(H,18,19,20). The van der Waals surface area contributed by atoms with Crippen molar-refractivity contribution in [1.29, 1.82) is 0 Å². The smallest absolute Gasteiger partial charge is 0.380 e. The number of carbonyl (C=O) groups is 2. The van der Waals surface area contributed by atoms with Crippen LogP contribution in [0, 0.1) is 23.7 Å². The lowest BCUT2D eigenvalue weighted by Crippen LogP contribution is -2.55. The average Bonchev–Trinajstić information content (AvgIpc) is 2.37. The van der Waals surface area contributed by atoms with E-state index in [4.69, 9.17) is 9.29 Å². The van der Waals surface area contributed by atoms with Crippen molar-refractivity contribution in [2.24, 2.45) is 23.7 Å². The Morgan fingerprint density at radius 1 is 1.27 bits per heavy atom. The number of rotatable bonds is 4. The van der Waals surface area contributed by atoms with Gasteiger partial charge in [0.15, 0.2) is 0 Å². The van der Waals surface area contributed by atoms with E-state index in [1.807, 2.05) is 0 Å². The Hall–Kier alpha value is -1.09. The number of carbonyl (C=O) groups excluding carboxylic acids is 2. The van der Waals surface area contributed by atoms with E-state index in [1.165, 1.54) is 0 Å². The van der Waals surface area contributed by atoms with Gasteiger partial charge in [0.2, 0.25) is 0 Å². The number of ether oxygens (including phenoxy) is 1. The zero-order chi connectivity index (χ0) is 16.3. The molecule has 5 unspecified atom stereocenters. The fourth-order valence-corrected chi connectivity index (χ4v) is 4.51. The number of hydrogen-bond acceptors (Lipinski definition) is 5. The van der Waals surface area contributed by atoms with Crippen LogP contribution < -0.4 is 0 Å². The lowest BCUT2D eigenvalue weighted by atomic mass is 9.54. The Bertz CT molecular complexity index is 616. The van der Waals surface area contributed by atoms with Gasteiger partial charge in [-0.1, -0.05) is 0 Å². The molecule has 4 fully saturated rings. The van der Waals surface area contributed by atoms with Gasteiger partial charge in [-0.05, 0) is 37.5 Å². The molecule has 0 aromatic rings. The molecule has 0 aromatic carbocycles. The van der Waals surface area contributed by atoms with Crippen LogP contribution in [0.1, 0.15) is 32.1 Å². The third kappa shape index (κ3) is 2.54. The number of alkyl halides is 2. The first kappa shape index (κ1) is 15.8. The lowest BCUT2D eigenvalue weighted by Gasteiger charge is -2.52. The van der Waals surface area contributed by atoms with Crippen LogP contribution in [0.4, 0.5) is 8.78 Å². The second kappa shape index (κ2) is 4.95. The van der Waals surface area contributed by atoms with E-state index >= 15 is 0 Å². The van der Waals surface area contributed by atoms with Crippen LogP contribution in [0.5, 0.6) is 0 Å². The van der Waals surface area contributed by atoms with Gasteiger partial charge in [-0.3, -0.25) is 14.1 Å². The van der Waals surface area contributed by atoms with Crippen LogP contribution in [0.15, 0.2) is 0 Å². The van der Waals surface area contributed by atoms with Crippen LogP contribution in [0.25, 0.3) is 0 Å². The molecule has 4 rings (SSSR count). The summed E-state index contributed by atoms with van der Waals surface area (Å²) in [4.78, 5) is 23.7. The monoisotopic (exact) mass is 338 g/mol. The van der Waals surface area contributed by atoms with Gasteiger partial charge >= 0.3 is 21.3 Å². The van der Waals surface area contributed by atoms with Crippen molar-refractivity contribution in [1.82, 2.24) is 0 Å². The highest BCUT2D eigenvalue weighted by atomic mass is 32.2. The number of Topliss-reactive ketones (excluding diaryl/α,β-unsaturated/α-hetero) is 1. The Labute approximate surface area is 125 Å². The predicted molar refractivity (Wildman–Crippen MR) is 68.4 cm³/mol. The van der Waals surface area contributed by atoms with Crippen molar-refractivity contribution >= 4 is 21.9 Å². The minimum atomic E-state index is -5.67. The molecule has 22 heavy (non-hydrogen) atoms. The summed E-state index contributed by atoms with van der Waals surface area (Å²) in [5.41, 5.74) is 0. The highest BCUT2D eigenvalue weighted by Crippen LogP contribution is 2.53. The summed E-state index contributed by atoms with van der Waals surface area (Å²) in [6.07, 6.45) is 0.352. The van der Waals surface area contributed by atoms with E-state index < -0.39 is 39.8 Å². The molecule has 0 aromatic heterocycles. The third-order valence-corrected chi connectivity index (χ3v) is 5.95. The zero-order valence-corrected chi connectivity index (χ0v) is 12.4. The minimum Gasteiger partial charge on any atom is -0.461 e. The van der Waals surface area contributed by atoms with Crippen molar-refractivity contribution in [3.63, 3.8) is 0 Å². The number of halogens is 2.